The fourth-order valence-electron chi connectivity index (χ4n) is 5.42. The first-order valence-corrected chi connectivity index (χ1v) is 17.5. The fraction of sp³-hybridized carbons (Fsp3) is 0.366. The summed E-state index contributed by atoms with van der Waals surface area (Å²) in [5, 5.41) is 46.2. The molecule has 0 saturated carbocycles. The average Bonchev–Trinajstić information content (AvgIpc) is 3.12. The fourth-order valence-corrected chi connectivity index (χ4v) is 5.42. The van der Waals surface area contributed by atoms with E-state index in [4.69, 9.17) is 9.47 Å². The first kappa shape index (κ1) is 39.1. The molecule has 0 aromatic heterocycles. The number of rotatable bonds is 20. The van der Waals surface area contributed by atoms with Crippen molar-refractivity contribution < 1.29 is 39.5 Å². The molecule has 0 aliphatic carbocycles. The summed E-state index contributed by atoms with van der Waals surface area (Å²) >= 11 is 0. The van der Waals surface area contributed by atoms with E-state index >= 15 is 0 Å². The Morgan fingerprint density at radius 2 is 0.922 bits per heavy atom. The van der Waals surface area contributed by atoms with Gasteiger partial charge in [-0.2, -0.15) is 0 Å². The number of aromatic hydroxyl groups is 2. The molecule has 0 bridgehead atoms. The van der Waals surface area contributed by atoms with Crippen LogP contribution in [0.3, 0.4) is 0 Å². The topological polar surface area (TPSA) is 158 Å². The van der Waals surface area contributed by atoms with Gasteiger partial charge in [-0.3, -0.25) is 9.59 Å². The quantitative estimate of drug-likeness (QED) is 0.0473. The predicted octanol–water partition coefficient (Wildman–Crippen LogP) is 6.07. The SMILES string of the molecule is CC(CCc1ccc(OC(=O)CCCC(=O)Oc2ccc(CCC(C)NCC(O)c3ccc(O)cc3)cc2)cc1)NCC(O)c1ccc(O)cc1. The van der Waals surface area contributed by atoms with Crippen LogP contribution < -0.4 is 20.1 Å². The maximum atomic E-state index is 12.4. The van der Waals surface area contributed by atoms with E-state index in [1.165, 1.54) is 0 Å². The van der Waals surface area contributed by atoms with Crippen molar-refractivity contribution >= 4 is 11.9 Å². The molecule has 10 heteroatoms. The Bertz CT molecular complexity index is 1500. The molecule has 51 heavy (non-hydrogen) atoms. The van der Waals surface area contributed by atoms with Crippen LogP contribution in [0, 0.1) is 0 Å². The van der Waals surface area contributed by atoms with Crippen LogP contribution in [0.1, 0.15) is 80.4 Å². The van der Waals surface area contributed by atoms with Crippen molar-refractivity contribution in [2.75, 3.05) is 13.1 Å². The van der Waals surface area contributed by atoms with Gasteiger partial charge in [0.2, 0.25) is 0 Å². The molecule has 0 aliphatic rings. The van der Waals surface area contributed by atoms with E-state index in [0.29, 0.717) is 31.0 Å². The summed E-state index contributed by atoms with van der Waals surface area (Å²) in [5.74, 6) is 0.408. The molecule has 0 heterocycles. The minimum absolute atomic E-state index is 0.0904. The van der Waals surface area contributed by atoms with Crippen molar-refractivity contribution in [3.8, 4) is 23.0 Å². The molecule has 4 aromatic carbocycles. The minimum atomic E-state index is -0.660. The van der Waals surface area contributed by atoms with E-state index in [-0.39, 0.29) is 36.4 Å². The number of phenols is 2. The minimum Gasteiger partial charge on any atom is -0.508 e. The molecule has 4 unspecified atom stereocenters. The molecule has 0 aliphatic heterocycles. The number of benzene rings is 4. The number of esters is 2. The zero-order valence-electron chi connectivity index (χ0n) is 29.3. The Morgan fingerprint density at radius 3 is 1.27 bits per heavy atom. The van der Waals surface area contributed by atoms with Gasteiger partial charge in [0.1, 0.15) is 23.0 Å². The molecule has 4 rings (SSSR count). The van der Waals surface area contributed by atoms with Crippen LogP contribution in [0.2, 0.25) is 0 Å². The Balaban J connectivity index is 1.06. The van der Waals surface area contributed by atoms with Gasteiger partial charge >= 0.3 is 11.9 Å². The number of phenolic OH excluding ortho intramolecular Hbond substituents is 2. The van der Waals surface area contributed by atoms with E-state index in [1.807, 2.05) is 24.3 Å². The van der Waals surface area contributed by atoms with Gasteiger partial charge < -0.3 is 40.5 Å². The number of hydrogen-bond donors (Lipinski definition) is 6. The molecular weight excluding hydrogens is 648 g/mol. The van der Waals surface area contributed by atoms with Crippen LogP contribution in [-0.4, -0.2) is 57.5 Å². The van der Waals surface area contributed by atoms with Gasteiger partial charge in [-0.15, -0.1) is 0 Å². The largest absolute Gasteiger partial charge is 0.508 e. The number of carbonyl (C=O) groups excluding carboxylic acids is 2. The maximum Gasteiger partial charge on any atom is 0.311 e. The highest BCUT2D eigenvalue weighted by Gasteiger charge is 2.13. The number of aryl methyl sites for hydroxylation is 2. The van der Waals surface area contributed by atoms with Crippen molar-refractivity contribution in [3.63, 3.8) is 0 Å². The second-order valence-corrected chi connectivity index (χ2v) is 13.0. The molecular formula is C41H50N2O8. The molecule has 0 amide bonds. The summed E-state index contributed by atoms with van der Waals surface area (Å²) < 4.78 is 10.9. The van der Waals surface area contributed by atoms with Gasteiger partial charge in [-0.05, 0) is 117 Å². The van der Waals surface area contributed by atoms with Gasteiger partial charge in [0.25, 0.3) is 0 Å². The van der Waals surface area contributed by atoms with Crippen molar-refractivity contribution in [3.05, 3.63) is 119 Å². The van der Waals surface area contributed by atoms with E-state index in [9.17, 15) is 30.0 Å². The molecule has 4 aromatic rings. The van der Waals surface area contributed by atoms with Crippen LogP contribution in [-0.2, 0) is 22.4 Å². The van der Waals surface area contributed by atoms with Gasteiger partial charge in [0.05, 0.1) is 12.2 Å². The van der Waals surface area contributed by atoms with Gasteiger partial charge in [0, 0.05) is 38.0 Å². The van der Waals surface area contributed by atoms with E-state index in [0.717, 1.165) is 47.9 Å². The van der Waals surface area contributed by atoms with Crippen molar-refractivity contribution in [2.24, 2.45) is 0 Å². The normalized spacial score (nSPS) is 13.6. The zero-order chi connectivity index (χ0) is 36.6. The highest BCUT2D eigenvalue weighted by atomic mass is 16.5. The Hall–Kier alpha value is -4.74. The predicted molar refractivity (Wildman–Crippen MR) is 196 cm³/mol. The van der Waals surface area contributed by atoms with Crippen LogP contribution >= 0.6 is 0 Å². The van der Waals surface area contributed by atoms with Crippen LogP contribution in [0.4, 0.5) is 0 Å². The van der Waals surface area contributed by atoms with Crippen LogP contribution in [0.5, 0.6) is 23.0 Å². The highest BCUT2D eigenvalue weighted by molar-refractivity contribution is 5.75. The number of ether oxygens (including phenoxy) is 2. The molecule has 0 radical (unpaired) electrons. The molecule has 6 N–H and O–H groups in total. The number of carbonyl (C=O) groups is 2. The summed E-state index contributed by atoms with van der Waals surface area (Å²) in [6, 6.07) is 28.2. The maximum absolute atomic E-state index is 12.4. The number of hydrogen-bond acceptors (Lipinski definition) is 10. The summed E-state index contributed by atoms with van der Waals surface area (Å²) in [5.41, 5.74) is 3.69. The summed E-state index contributed by atoms with van der Waals surface area (Å²) in [4.78, 5) is 24.7. The Morgan fingerprint density at radius 1 is 0.569 bits per heavy atom. The third kappa shape index (κ3) is 14.2. The summed E-state index contributed by atoms with van der Waals surface area (Å²) in [7, 11) is 0. The van der Waals surface area contributed by atoms with Crippen molar-refractivity contribution in [1.29, 1.82) is 0 Å². The number of aliphatic hydroxyl groups excluding tert-OH is 2. The summed E-state index contributed by atoms with van der Waals surface area (Å²) in [6.07, 6.45) is 2.52. The molecule has 10 nitrogen and oxygen atoms in total. The van der Waals surface area contributed by atoms with Gasteiger partial charge in [-0.25, -0.2) is 0 Å². The van der Waals surface area contributed by atoms with Crippen LogP contribution in [0.25, 0.3) is 0 Å². The van der Waals surface area contributed by atoms with E-state index in [1.54, 1.807) is 72.8 Å². The molecule has 0 fully saturated rings. The van der Waals surface area contributed by atoms with Gasteiger partial charge in [0.15, 0.2) is 0 Å². The zero-order valence-corrected chi connectivity index (χ0v) is 29.3. The lowest BCUT2D eigenvalue weighted by molar-refractivity contribution is -0.136. The lowest BCUT2D eigenvalue weighted by atomic mass is 10.1. The molecule has 0 saturated heterocycles. The standard InChI is InChI=1S/C41H50N2O8/c1-28(42-26-38(46)32-14-18-34(44)19-15-32)6-8-30-10-22-36(23-11-30)50-40(48)4-3-5-41(49)51-37-24-12-31(13-25-37)9-7-29(2)43-27-39(47)33-16-20-35(45)21-17-33/h10-25,28-29,38-39,42-47H,3-9,26-27H2,1-2H3. The highest BCUT2D eigenvalue weighted by Crippen LogP contribution is 2.20. The average molecular weight is 699 g/mol. The lowest BCUT2D eigenvalue weighted by Gasteiger charge is -2.17. The Kier molecular flexibility index (Phi) is 15.5. The number of nitrogens with one attached hydrogen (secondary N) is 2. The molecule has 4 atom stereocenters. The second kappa shape index (κ2) is 20.2. The van der Waals surface area contributed by atoms with E-state index < -0.39 is 24.1 Å². The molecule has 272 valence electrons. The first-order valence-electron chi connectivity index (χ1n) is 17.5. The van der Waals surface area contributed by atoms with Gasteiger partial charge in [-0.1, -0.05) is 48.5 Å². The van der Waals surface area contributed by atoms with Crippen molar-refractivity contribution in [2.45, 2.75) is 83.1 Å². The van der Waals surface area contributed by atoms with Crippen molar-refractivity contribution in [1.82, 2.24) is 10.6 Å². The third-order valence-corrected chi connectivity index (χ3v) is 8.68. The lowest BCUT2D eigenvalue weighted by Crippen LogP contribution is -2.30. The van der Waals surface area contributed by atoms with E-state index in [2.05, 4.69) is 24.5 Å². The smallest absolute Gasteiger partial charge is 0.311 e. The monoisotopic (exact) mass is 698 g/mol. The Labute approximate surface area is 300 Å². The third-order valence-electron chi connectivity index (χ3n) is 8.68. The first-order chi connectivity index (χ1) is 24.5. The molecule has 0 spiro atoms. The number of aliphatic hydroxyl groups is 2. The summed E-state index contributed by atoms with van der Waals surface area (Å²) in [6.45, 7) is 4.94. The second-order valence-electron chi connectivity index (χ2n) is 13.0. The van der Waals surface area contributed by atoms with Crippen LogP contribution in [0.15, 0.2) is 97.1 Å².